The monoisotopic (exact) mass is 261 g/mol. The summed E-state index contributed by atoms with van der Waals surface area (Å²) in [6.07, 6.45) is 7.48. The predicted molar refractivity (Wildman–Crippen MR) is 77.9 cm³/mol. The van der Waals surface area contributed by atoms with Crippen molar-refractivity contribution in [2.75, 3.05) is 26.8 Å². The second kappa shape index (κ2) is 7.85. The van der Waals surface area contributed by atoms with Crippen LogP contribution in [0.25, 0.3) is 0 Å². The van der Waals surface area contributed by atoms with E-state index in [0.717, 1.165) is 24.6 Å². The van der Waals surface area contributed by atoms with Gasteiger partial charge in [0.15, 0.2) is 0 Å². The van der Waals surface area contributed by atoms with Crippen molar-refractivity contribution in [2.45, 2.75) is 25.7 Å². The van der Waals surface area contributed by atoms with Gasteiger partial charge in [-0.15, -0.1) is 0 Å². The molecule has 1 aromatic carbocycles. The van der Waals surface area contributed by atoms with Gasteiger partial charge in [0.1, 0.15) is 18.1 Å². The minimum atomic E-state index is 0.700. The van der Waals surface area contributed by atoms with Crippen molar-refractivity contribution >= 4 is 0 Å². The van der Waals surface area contributed by atoms with Gasteiger partial charge in [-0.3, -0.25) is 0 Å². The molecule has 0 radical (unpaired) electrons. The number of rotatable bonds is 8. The first-order valence-electron chi connectivity index (χ1n) is 7.04. The Morgan fingerprint density at radius 2 is 1.89 bits per heavy atom. The highest BCUT2D eigenvalue weighted by Crippen LogP contribution is 2.19. The first kappa shape index (κ1) is 13.9. The molecule has 3 nitrogen and oxygen atoms in total. The largest absolute Gasteiger partial charge is 0.497 e. The summed E-state index contributed by atoms with van der Waals surface area (Å²) in [6.45, 7) is 2.64. The lowest BCUT2D eigenvalue weighted by Gasteiger charge is -2.08. The standard InChI is InChI=1S/C16H23NO2/c1-18-15-6-8-16(9-7-15)19-13-12-17-11-10-14-4-2-3-5-14/h4,6-9,17H,2-3,5,10-13H2,1H3. The summed E-state index contributed by atoms with van der Waals surface area (Å²) in [6, 6.07) is 7.69. The third-order valence-electron chi connectivity index (χ3n) is 3.36. The molecule has 0 aliphatic heterocycles. The highest BCUT2D eigenvalue weighted by Gasteiger charge is 2.03. The molecule has 0 spiro atoms. The number of allylic oxidation sites excluding steroid dienone is 1. The number of hydrogen-bond acceptors (Lipinski definition) is 3. The van der Waals surface area contributed by atoms with Crippen molar-refractivity contribution in [2.24, 2.45) is 0 Å². The van der Waals surface area contributed by atoms with Gasteiger partial charge in [0.25, 0.3) is 0 Å². The van der Waals surface area contributed by atoms with Crippen LogP contribution in [0.15, 0.2) is 35.9 Å². The average molecular weight is 261 g/mol. The van der Waals surface area contributed by atoms with Gasteiger partial charge >= 0.3 is 0 Å². The van der Waals surface area contributed by atoms with Crippen LogP contribution in [-0.4, -0.2) is 26.8 Å². The molecule has 1 N–H and O–H groups in total. The van der Waals surface area contributed by atoms with Crippen molar-refractivity contribution in [3.63, 3.8) is 0 Å². The molecule has 0 heterocycles. The fourth-order valence-corrected chi connectivity index (χ4v) is 2.25. The zero-order chi connectivity index (χ0) is 13.3. The van der Waals surface area contributed by atoms with Crippen molar-refractivity contribution in [1.82, 2.24) is 5.32 Å². The Bertz CT molecular complexity index is 398. The number of hydrogen-bond donors (Lipinski definition) is 1. The molecular weight excluding hydrogens is 238 g/mol. The second-order valence-corrected chi connectivity index (χ2v) is 4.78. The van der Waals surface area contributed by atoms with Crippen LogP contribution < -0.4 is 14.8 Å². The maximum absolute atomic E-state index is 5.64. The van der Waals surface area contributed by atoms with Crippen molar-refractivity contribution in [3.05, 3.63) is 35.9 Å². The number of nitrogens with one attached hydrogen (secondary N) is 1. The van der Waals surface area contributed by atoms with Gasteiger partial charge in [-0.2, -0.15) is 0 Å². The van der Waals surface area contributed by atoms with Crippen LogP contribution in [0.4, 0.5) is 0 Å². The lowest BCUT2D eigenvalue weighted by atomic mass is 10.2. The lowest BCUT2D eigenvalue weighted by Crippen LogP contribution is -2.22. The fraction of sp³-hybridized carbons (Fsp3) is 0.500. The van der Waals surface area contributed by atoms with E-state index in [1.54, 1.807) is 12.7 Å². The molecule has 0 bridgehead atoms. The van der Waals surface area contributed by atoms with Gasteiger partial charge in [0.05, 0.1) is 7.11 Å². The van der Waals surface area contributed by atoms with Crippen molar-refractivity contribution in [1.29, 1.82) is 0 Å². The molecule has 1 aliphatic carbocycles. The van der Waals surface area contributed by atoms with Crippen LogP contribution in [0, 0.1) is 0 Å². The number of methoxy groups -OCH3 is 1. The SMILES string of the molecule is COc1ccc(OCCNCCC2=CCCC2)cc1. The van der Waals surface area contributed by atoms with E-state index in [-0.39, 0.29) is 0 Å². The summed E-state index contributed by atoms with van der Waals surface area (Å²) < 4.78 is 10.7. The van der Waals surface area contributed by atoms with Crippen LogP contribution in [0.1, 0.15) is 25.7 Å². The molecule has 0 unspecified atom stereocenters. The van der Waals surface area contributed by atoms with E-state index in [4.69, 9.17) is 9.47 Å². The molecule has 3 heteroatoms. The molecular formula is C16H23NO2. The highest BCUT2D eigenvalue weighted by molar-refractivity contribution is 5.31. The molecule has 1 aliphatic rings. The van der Waals surface area contributed by atoms with E-state index in [1.165, 1.54) is 25.7 Å². The van der Waals surface area contributed by atoms with Crippen LogP contribution in [0.3, 0.4) is 0 Å². The summed E-state index contributed by atoms with van der Waals surface area (Å²) in [5, 5.41) is 3.41. The maximum atomic E-state index is 5.64. The van der Waals surface area contributed by atoms with E-state index in [0.29, 0.717) is 6.61 Å². The first-order chi connectivity index (χ1) is 9.38. The van der Waals surface area contributed by atoms with Crippen LogP contribution >= 0.6 is 0 Å². The lowest BCUT2D eigenvalue weighted by molar-refractivity contribution is 0.313. The molecule has 0 atom stereocenters. The van der Waals surface area contributed by atoms with E-state index >= 15 is 0 Å². The Morgan fingerprint density at radius 1 is 1.11 bits per heavy atom. The Kier molecular flexibility index (Phi) is 5.76. The van der Waals surface area contributed by atoms with Crippen LogP contribution in [0.5, 0.6) is 11.5 Å². The zero-order valence-corrected chi connectivity index (χ0v) is 11.7. The molecule has 1 aromatic rings. The van der Waals surface area contributed by atoms with Gasteiger partial charge in [-0.1, -0.05) is 11.6 Å². The Morgan fingerprint density at radius 3 is 2.58 bits per heavy atom. The zero-order valence-electron chi connectivity index (χ0n) is 11.7. The molecule has 0 saturated heterocycles. The van der Waals surface area contributed by atoms with Gasteiger partial charge < -0.3 is 14.8 Å². The fourth-order valence-electron chi connectivity index (χ4n) is 2.25. The third kappa shape index (κ3) is 4.95. The van der Waals surface area contributed by atoms with E-state index in [9.17, 15) is 0 Å². The summed E-state index contributed by atoms with van der Waals surface area (Å²) in [5.41, 5.74) is 1.61. The summed E-state index contributed by atoms with van der Waals surface area (Å²) in [5.74, 6) is 1.75. The normalized spacial score (nSPS) is 14.3. The molecule has 0 saturated carbocycles. The number of ether oxygens (including phenoxy) is 2. The molecule has 0 amide bonds. The van der Waals surface area contributed by atoms with E-state index in [1.807, 2.05) is 24.3 Å². The Hall–Kier alpha value is -1.48. The maximum Gasteiger partial charge on any atom is 0.119 e. The third-order valence-corrected chi connectivity index (χ3v) is 3.36. The van der Waals surface area contributed by atoms with Gasteiger partial charge in [-0.25, -0.2) is 0 Å². The summed E-state index contributed by atoms with van der Waals surface area (Å²) in [4.78, 5) is 0. The minimum Gasteiger partial charge on any atom is -0.497 e. The minimum absolute atomic E-state index is 0.700. The number of benzene rings is 1. The molecule has 0 fully saturated rings. The van der Waals surface area contributed by atoms with Gasteiger partial charge in [0, 0.05) is 6.54 Å². The van der Waals surface area contributed by atoms with E-state index < -0.39 is 0 Å². The van der Waals surface area contributed by atoms with Crippen LogP contribution in [0.2, 0.25) is 0 Å². The Labute approximate surface area is 115 Å². The molecule has 104 valence electrons. The molecule has 19 heavy (non-hydrogen) atoms. The highest BCUT2D eigenvalue weighted by atomic mass is 16.5. The topological polar surface area (TPSA) is 30.5 Å². The van der Waals surface area contributed by atoms with Crippen molar-refractivity contribution in [3.8, 4) is 11.5 Å². The molecule has 2 rings (SSSR count). The van der Waals surface area contributed by atoms with Gasteiger partial charge in [-0.05, 0) is 56.5 Å². The Balaban J connectivity index is 1.53. The summed E-state index contributed by atoms with van der Waals surface area (Å²) >= 11 is 0. The van der Waals surface area contributed by atoms with Crippen molar-refractivity contribution < 1.29 is 9.47 Å². The second-order valence-electron chi connectivity index (χ2n) is 4.78. The first-order valence-corrected chi connectivity index (χ1v) is 7.04. The van der Waals surface area contributed by atoms with Crippen LogP contribution in [-0.2, 0) is 0 Å². The average Bonchev–Trinajstić information content (AvgIpc) is 2.96. The van der Waals surface area contributed by atoms with E-state index in [2.05, 4.69) is 11.4 Å². The van der Waals surface area contributed by atoms with Gasteiger partial charge in [0.2, 0.25) is 0 Å². The molecule has 0 aromatic heterocycles. The quantitative estimate of drug-likeness (QED) is 0.576. The predicted octanol–water partition coefficient (Wildman–Crippen LogP) is 3.16. The smallest absolute Gasteiger partial charge is 0.119 e. The summed E-state index contributed by atoms with van der Waals surface area (Å²) in [7, 11) is 1.67.